The van der Waals surface area contributed by atoms with Crippen LogP contribution in [0.2, 0.25) is 5.02 Å². The predicted octanol–water partition coefficient (Wildman–Crippen LogP) is 1.08. The van der Waals surface area contributed by atoms with Gasteiger partial charge in [-0.05, 0) is 30.2 Å². The van der Waals surface area contributed by atoms with Crippen LogP contribution in [0.4, 0.5) is 0 Å². The van der Waals surface area contributed by atoms with Gasteiger partial charge in [-0.3, -0.25) is 14.5 Å². The van der Waals surface area contributed by atoms with E-state index in [0.717, 1.165) is 50.3 Å². The summed E-state index contributed by atoms with van der Waals surface area (Å²) in [5.74, 6) is 0.139. The highest BCUT2D eigenvalue weighted by Gasteiger charge is 2.35. The summed E-state index contributed by atoms with van der Waals surface area (Å²) in [4.78, 5) is 30.3. The minimum absolute atomic E-state index is 0.00713. The van der Waals surface area contributed by atoms with E-state index in [0.29, 0.717) is 29.4 Å². The molecule has 0 saturated carbocycles. The molecule has 2 aliphatic heterocycles. The number of nitrogens with zero attached hydrogens (tertiary/aromatic N) is 5. The van der Waals surface area contributed by atoms with Crippen molar-refractivity contribution in [2.24, 2.45) is 0 Å². The van der Waals surface area contributed by atoms with E-state index < -0.39 is 0 Å². The number of aromatic amines is 1. The molecule has 4 rings (SSSR count). The fourth-order valence-electron chi connectivity index (χ4n) is 3.91. The summed E-state index contributed by atoms with van der Waals surface area (Å²) in [7, 11) is 0. The van der Waals surface area contributed by atoms with E-state index in [1.54, 1.807) is 11.0 Å². The van der Waals surface area contributed by atoms with E-state index in [1.165, 1.54) is 6.08 Å². The minimum Gasteiger partial charge on any atom is -0.340 e. The maximum Gasteiger partial charge on any atom is 0.246 e. The van der Waals surface area contributed by atoms with E-state index >= 15 is 0 Å². The Labute approximate surface area is 168 Å². The van der Waals surface area contributed by atoms with Gasteiger partial charge in [-0.15, -0.1) is 0 Å². The van der Waals surface area contributed by atoms with Gasteiger partial charge in [-0.2, -0.15) is 15.4 Å². The first-order valence-corrected chi connectivity index (χ1v) is 9.85. The van der Waals surface area contributed by atoms with Crippen LogP contribution in [0.3, 0.4) is 0 Å². The van der Waals surface area contributed by atoms with Gasteiger partial charge in [0.15, 0.2) is 0 Å². The van der Waals surface area contributed by atoms with Crippen molar-refractivity contribution in [1.29, 1.82) is 0 Å². The summed E-state index contributed by atoms with van der Waals surface area (Å²) in [6.45, 7) is 8.16. The Balaban J connectivity index is 1.26. The second kappa shape index (κ2) is 7.89. The molecule has 28 heavy (non-hydrogen) atoms. The van der Waals surface area contributed by atoms with Crippen LogP contribution >= 0.6 is 11.6 Å². The van der Waals surface area contributed by atoms with Crippen molar-refractivity contribution in [3.05, 3.63) is 35.4 Å². The molecule has 2 saturated heterocycles. The summed E-state index contributed by atoms with van der Waals surface area (Å²) in [5.41, 5.74) is 2.42. The highest BCUT2D eigenvalue weighted by molar-refractivity contribution is 6.31. The highest BCUT2D eigenvalue weighted by atomic mass is 35.5. The Morgan fingerprint density at radius 3 is 2.64 bits per heavy atom. The summed E-state index contributed by atoms with van der Waals surface area (Å²) in [5, 5.41) is 11.4. The number of likely N-dealkylation sites (tertiary alicyclic amines) is 1. The fourth-order valence-corrected chi connectivity index (χ4v) is 4.14. The number of nitrogens with one attached hydrogen (secondary N) is 1. The third kappa shape index (κ3) is 3.74. The lowest BCUT2D eigenvalue weighted by molar-refractivity contribution is -0.136. The second-order valence-corrected chi connectivity index (χ2v) is 7.71. The number of carbonyl (C=O) groups excluding carboxylic acids is 2. The van der Waals surface area contributed by atoms with E-state index in [2.05, 4.69) is 26.9 Å². The van der Waals surface area contributed by atoms with Crippen LogP contribution in [-0.4, -0.2) is 87.2 Å². The number of halogens is 1. The molecule has 1 aromatic heterocycles. The average molecular weight is 403 g/mol. The number of benzene rings is 1. The molecule has 2 aromatic rings. The molecular weight excluding hydrogens is 380 g/mol. The van der Waals surface area contributed by atoms with Crippen LogP contribution in [0, 0.1) is 0 Å². The van der Waals surface area contributed by atoms with Crippen molar-refractivity contribution in [1.82, 2.24) is 30.1 Å². The van der Waals surface area contributed by atoms with Crippen molar-refractivity contribution in [2.45, 2.75) is 18.9 Å². The largest absolute Gasteiger partial charge is 0.340 e. The van der Waals surface area contributed by atoms with Crippen LogP contribution in [0.1, 0.15) is 12.0 Å². The van der Waals surface area contributed by atoms with Crippen molar-refractivity contribution >= 4 is 34.4 Å². The zero-order chi connectivity index (χ0) is 19.7. The number of H-pyrrole nitrogens is 1. The SMILES string of the molecule is C=CC(=O)N1CC(N2CCN(C(=O)CCc3cc(Cl)cc4n[nH]nc34)CC2)C1. The molecule has 0 aliphatic carbocycles. The van der Waals surface area contributed by atoms with Gasteiger partial charge in [0.1, 0.15) is 11.0 Å². The molecule has 0 atom stereocenters. The topological polar surface area (TPSA) is 85.4 Å². The van der Waals surface area contributed by atoms with Crippen molar-refractivity contribution in [2.75, 3.05) is 39.3 Å². The molecule has 0 unspecified atom stereocenters. The molecular formula is C19H23ClN6O2. The smallest absolute Gasteiger partial charge is 0.246 e. The maximum absolute atomic E-state index is 12.6. The average Bonchev–Trinajstić information content (AvgIpc) is 3.13. The third-order valence-electron chi connectivity index (χ3n) is 5.61. The molecule has 148 valence electrons. The van der Waals surface area contributed by atoms with Crippen LogP contribution in [0.15, 0.2) is 24.8 Å². The molecule has 2 fully saturated rings. The van der Waals surface area contributed by atoms with Crippen LogP contribution in [-0.2, 0) is 16.0 Å². The lowest BCUT2D eigenvalue weighted by Gasteiger charge is -2.47. The lowest BCUT2D eigenvalue weighted by atomic mass is 10.0. The number of aryl methyl sites for hydroxylation is 1. The first kappa shape index (κ1) is 18.9. The zero-order valence-corrected chi connectivity index (χ0v) is 16.4. The van der Waals surface area contributed by atoms with Gasteiger partial charge in [0.2, 0.25) is 11.8 Å². The predicted molar refractivity (Wildman–Crippen MR) is 106 cm³/mol. The number of hydrogen-bond donors (Lipinski definition) is 1. The lowest BCUT2D eigenvalue weighted by Crippen LogP contribution is -2.64. The molecule has 0 radical (unpaired) electrons. The molecule has 8 nitrogen and oxygen atoms in total. The van der Waals surface area contributed by atoms with Crippen LogP contribution < -0.4 is 0 Å². The Kier molecular flexibility index (Phi) is 5.32. The van der Waals surface area contributed by atoms with Gasteiger partial charge < -0.3 is 9.80 Å². The molecule has 2 aliphatic rings. The fraction of sp³-hybridized carbons (Fsp3) is 0.474. The number of hydrogen-bond acceptors (Lipinski definition) is 5. The van der Waals surface area contributed by atoms with Gasteiger partial charge in [0, 0.05) is 56.8 Å². The van der Waals surface area contributed by atoms with Crippen LogP contribution in [0.5, 0.6) is 0 Å². The minimum atomic E-state index is -0.00713. The van der Waals surface area contributed by atoms with Gasteiger partial charge in [0.05, 0.1) is 0 Å². The van der Waals surface area contributed by atoms with Gasteiger partial charge in [0.25, 0.3) is 0 Å². The normalized spacial score (nSPS) is 18.3. The summed E-state index contributed by atoms with van der Waals surface area (Å²) in [6, 6.07) is 4.01. The summed E-state index contributed by atoms with van der Waals surface area (Å²) < 4.78 is 0. The maximum atomic E-state index is 12.6. The van der Waals surface area contributed by atoms with Crippen molar-refractivity contribution < 1.29 is 9.59 Å². The monoisotopic (exact) mass is 402 g/mol. The van der Waals surface area contributed by atoms with E-state index in [9.17, 15) is 9.59 Å². The Hall–Kier alpha value is -2.45. The quantitative estimate of drug-likeness (QED) is 0.756. The number of fused-ring (bicyclic) bond motifs is 1. The van der Waals surface area contributed by atoms with E-state index in [1.807, 2.05) is 11.0 Å². The molecule has 2 amide bonds. The molecule has 0 bridgehead atoms. The molecule has 1 N–H and O–H groups in total. The van der Waals surface area contributed by atoms with Crippen molar-refractivity contribution in [3.8, 4) is 0 Å². The number of rotatable bonds is 5. The van der Waals surface area contributed by atoms with Crippen molar-refractivity contribution in [3.63, 3.8) is 0 Å². The number of aromatic nitrogens is 3. The first-order chi connectivity index (χ1) is 13.5. The third-order valence-corrected chi connectivity index (χ3v) is 5.82. The zero-order valence-electron chi connectivity index (χ0n) is 15.6. The highest BCUT2D eigenvalue weighted by Crippen LogP contribution is 2.22. The molecule has 3 heterocycles. The van der Waals surface area contributed by atoms with Gasteiger partial charge >= 0.3 is 0 Å². The second-order valence-electron chi connectivity index (χ2n) is 7.27. The number of piperazine rings is 1. The Morgan fingerprint density at radius 1 is 1.18 bits per heavy atom. The van der Waals surface area contributed by atoms with Gasteiger partial charge in [-0.25, -0.2) is 0 Å². The summed E-state index contributed by atoms with van der Waals surface area (Å²) >= 11 is 6.14. The Morgan fingerprint density at radius 2 is 1.93 bits per heavy atom. The van der Waals surface area contributed by atoms with E-state index in [4.69, 9.17) is 11.6 Å². The first-order valence-electron chi connectivity index (χ1n) is 9.47. The molecule has 9 heteroatoms. The van der Waals surface area contributed by atoms with Gasteiger partial charge in [-0.1, -0.05) is 18.2 Å². The Bertz CT molecular complexity index is 899. The van der Waals surface area contributed by atoms with Crippen LogP contribution in [0.25, 0.3) is 11.0 Å². The van der Waals surface area contributed by atoms with E-state index in [-0.39, 0.29) is 11.8 Å². The number of amides is 2. The molecule has 1 aromatic carbocycles. The standard InChI is InChI=1S/C19H23ClN6O2/c1-2-17(27)26-11-15(12-26)24-5-7-25(8-6-24)18(28)4-3-13-9-14(20)10-16-19(13)22-23-21-16/h2,9-10,15H,1,3-8,11-12H2,(H,21,22,23). The molecule has 0 spiro atoms. The number of carbonyl (C=O) groups is 2. The summed E-state index contributed by atoms with van der Waals surface area (Å²) in [6.07, 6.45) is 2.37.